The van der Waals surface area contributed by atoms with Crippen molar-refractivity contribution >= 4 is 33.0 Å². The van der Waals surface area contributed by atoms with Gasteiger partial charge in [0, 0.05) is 17.1 Å². The summed E-state index contributed by atoms with van der Waals surface area (Å²) < 4.78 is 26.8. The molecule has 0 unspecified atom stereocenters. The van der Waals surface area contributed by atoms with Crippen LogP contribution in [0.25, 0.3) is 0 Å². The number of aliphatic hydroxyl groups excluding tert-OH is 1. The van der Waals surface area contributed by atoms with Crippen LogP contribution in [-0.4, -0.2) is 25.1 Å². The third-order valence-corrected chi connectivity index (χ3v) is 5.09. The lowest BCUT2D eigenvalue weighted by Crippen LogP contribution is -2.23. The number of aromatic nitrogens is 1. The van der Waals surface area contributed by atoms with Gasteiger partial charge >= 0.3 is 0 Å². The summed E-state index contributed by atoms with van der Waals surface area (Å²) in [6.45, 7) is -0.157. The van der Waals surface area contributed by atoms with E-state index >= 15 is 0 Å². The predicted molar refractivity (Wildman–Crippen MR) is 81.6 cm³/mol. The Bertz CT molecular complexity index is 777. The zero-order chi connectivity index (χ0) is 15.3. The molecule has 1 heterocycles. The van der Waals surface area contributed by atoms with E-state index < -0.39 is 10.0 Å². The summed E-state index contributed by atoms with van der Waals surface area (Å²) in [6.07, 6.45) is 1.61. The van der Waals surface area contributed by atoms with E-state index in [0.29, 0.717) is 10.6 Å². The molecule has 1 aromatic carbocycles. The molecule has 110 valence electrons. The molecule has 0 radical (unpaired) electrons. The van der Waals surface area contributed by atoms with Gasteiger partial charge < -0.3 is 5.11 Å². The highest BCUT2D eigenvalue weighted by Gasteiger charge is 2.18. The lowest BCUT2D eigenvalue weighted by molar-refractivity contribution is 0.350. The van der Waals surface area contributed by atoms with Crippen LogP contribution in [0.2, 0.25) is 5.02 Å². The molecular weight excluding hydrogens is 332 g/mol. The van der Waals surface area contributed by atoms with Crippen molar-refractivity contribution < 1.29 is 13.5 Å². The fraction of sp³-hybridized carbons (Fsp3) is 0.154. The fourth-order valence-corrected chi connectivity index (χ4v) is 3.69. The van der Waals surface area contributed by atoms with Gasteiger partial charge in [0.1, 0.15) is 16.5 Å². The second-order valence-corrected chi connectivity index (χ2v) is 6.98. The monoisotopic (exact) mass is 342 g/mol. The van der Waals surface area contributed by atoms with Crippen molar-refractivity contribution in [2.24, 2.45) is 0 Å². The van der Waals surface area contributed by atoms with Crippen molar-refractivity contribution in [2.45, 2.75) is 11.4 Å². The van der Waals surface area contributed by atoms with Crippen molar-refractivity contribution in [1.82, 2.24) is 9.71 Å². The van der Waals surface area contributed by atoms with Crippen molar-refractivity contribution in [3.63, 3.8) is 0 Å². The number of halogens is 1. The summed E-state index contributed by atoms with van der Waals surface area (Å²) in [6, 6.07) is 4.36. The van der Waals surface area contributed by atoms with Crippen LogP contribution in [0.5, 0.6) is 0 Å². The molecular formula is C13H11ClN2O3S2. The summed E-state index contributed by atoms with van der Waals surface area (Å²) >= 11 is 7.35. The minimum absolute atomic E-state index is 0.0183. The molecule has 0 atom stereocenters. The highest BCUT2D eigenvalue weighted by atomic mass is 35.5. The Morgan fingerprint density at radius 3 is 2.86 bits per heavy atom. The molecule has 21 heavy (non-hydrogen) atoms. The molecule has 5 nitrogen and oxygen atoms in total. The van der Waals surface area contributed by atoms with Crippen LogP contribution < -0.4 is 4.72 Å². The third kappa shape index (κ3) is 4.27. The van der Waals surface area contributed by atoms with Gasteiger partial charge in [0.25, 0.3) is 0 Å². The second-order valence-electron chi connectivity index (χ2n) is 3.86. The molecule has 1 aromatic heterocycles. The first-order valence-electron chi connectivity index (χ1n) is 5.80. The first-order valence-corrected chi connectivity index (χ1v) is 8.54. The quantitative estimate of drug-likeness (QED) is 0.827. The van der Waals surface area contributed by atoms with E-state index in [-0.39, 0.29) is 23.1 Å². The molecule has 0 saturated carbocycles. The van der Waals surface area contributed by atoms with E-state index in [0.717, 1.165) is 0 Å². The number of nitrogens with zero attached hydrogens (tertiary/aromatic N) is 1. The molecule has 0 saturated heterocycles. The number of thiazole rings is 1. The average Bonchev–Trinajstić information content (AvgIpc) is 2.96. The van der Waals surface area contributed by atoms with Gasteiger partial charge in [-0.15, -0.1) is 11.3 Å². The van der Waals surface area contributed by atoms with Crippen molar-refractivity contribution in [2.75, 3.05) is 6.61 Å². The Hall–Kier alpha value is -1.43. The first-order chi connectivity index (χ1) is 10.0. The summed E-state index contributed by atoms with van der Waals surface area (Å²) in [5.41, 5.74) is 0.535. The number of nitrogens with one attached hydrogen (secondary N) is 1. The van der Waals surface area contributed by atoms with Crippen molar-refractivity contribution in [1.29, 1.82) is 0 Å². The van der Waals surface area contributed by atoms with E-state index in [2.05, 4.69) is 21.5 Å². The summed E-state index contributed by atoms with van der Waals surface area (Å²) in [4.78, 5) is 3.98. The number of hydrogen-bond acceptors (Lipinski definition) is 5. The van der Waals surface area contributed by atoms with Gasteiger partial charge in [-0.1, -0.05) is 23.4 Å². The smallest absolute Gasteiger partial charge is 0.242 e. The third-order valence-electron chi connectivity index (χ3n) is 2.43. The van der Waals surface area contributed by atoms with E-state index in [1.165, 1.54) is 29.5 Å². The molecule has 0 bridgehead atoms. The Labute approximate surface area is 131 Å². The zero-order valence-corrected chi connectivity index (χ0v) is 13.1. The zero-order valence-electron chi connectivity index (χ0n) is 10.7. The largest absolute Gasteiger partial charge is 0.384 e. The lowest BCUT2D eigenvalue weighted by Gasteiger charge is -2.07. The minimum Gasteiger partial charge on any atom is -0.384 e. The van der Waals surface area contributed by atoms with Crippen molar-refractivity contribution in [3.05, 3.63) is 45.4 Å². The van der Waals surface area contributed by atoms with Gasteiger partial charge in [-0.2, -0.15) is 0 Å². The molecule has 0 aliphatic carbocycles. The number of sulfonamides is 1. The Balaban J connectivity index is 2.19. The number of aliphatic hydroxyl groups is 1. The second kappa shape index (κ2) is 7.02. The summed E-state index contributed by atoms with van der Waals surface area (Å²) in [7, 11) is -3.72. The Morgan fingerprint density at radius 2 is 2.24 bits per heavy atom. The fourth-order valence-electron chi connectivity index (χ4n) is 1.51. The van der Waals surface area contributed by atoms with E-state index in [4.69, 9.17) is 16.7 Å². The lowest BCUT2D eigenvalue weighted by atomic mass is 10.2. The van der Waals surface area contributed by atoms with Crippen LogP contribution in [0, 0.1) is 11.8 Å². The number of rotatable bonds is 4. The van der Waals surface area contributed by atoms with E-state index in [1.807, 2.05) is 0 Å². The summed E-state index contributed by atoms with van der Waals surface area (Å²) in [5.74, 6) is 5.13. The topological polar surface area (TPSA) is 79.3 Å². The van der Waals surface area contributed by atoms with Crippen LogP contribution in [-0.2, 0) is 16.6 Å². The van der Waals surface area contributed by atoms with Gasteiger partial charge in [0.15, 0.2) is 0 Å². The van der Waals surface area contributed by atoms with E-state index in [9.17, 15) is 8.42 Å². The first kappa shape index (κ1) is 15.9. The van der Waals surface area contributed by atoms with Crippen LogP contribution in [0.4, 0.5) is 0 Å². The molecule has 0 spiro atoms. The maximum absolute atomic E-state index is 12.2. The number of hydrogen-bond donors (Lipinski definition) is 2. The van der Waals surface area contributed by atoms with Gasteiger partial charge in [-0.05, 0) is 18.2 Å². The van der Waals surface area contributed by atoms with Gasteiger partial charge in [0.2, 0.25) is 10.0 Å². The molecule has 8 heteroatoms. The molecule has 2 aromatic rings. The van der Waals surface area contributed by atoms with Gasteiger partial charge in [-0.25, -0.2) is 18.1 Å². The summed E-state index contributed by atoms with van der Waals surface area (Å²) in [5, 5.41) is 11.1. The highest BCUT2D eigenvalue weighted by molar-refractivity contribution is 7.89. The molecule has 0 aliphatic heterocycles. The maximum Gasteiger partial charge on any atom is 0.242 e. The molecule has 0 aliphatic rings. The normalized spacial score (nSPS) is 11.0. The van der Waals surface area contributed by atoms with Gasteiger partial charge in [-0.3, -0.25) is 0 Å². The van der Waals surface area contributed by atoms with Crippen LogP contribution in [0.15, 0.2) is 34.7 Å². The highest BCUT2D eigenvalue weighted by Crippen LogP contribution is 2.22. The van der Waals surface area contributed by atoms with Crippen LogP contribution >= 0.6 is 22.9 Å². The van der Waals surface area contributed by atoms with E-state index in [1.54, 1.807) is 11.6 Å². The van der Waals surface area contributed by atoms with Crippen molar-refractivity contribution in [3.8, 4) is 11.8 Å². The molecule has 0 fully saturated rings. The minimum atomic E-state index is -3.72. The maximum atomic E-state index is 12.2. The molecule has 2 N–H and O–H groups in total. The van der Waals surface area contributed by atoms with Crippen LogP contribution in [0.1, 0.15) is 10.6 Å². The van der Waals surface area contributed by atoms with Gasteiger partial charge in [0.05, 0.1) is 11.6 Å². The molecule has 0 amide bonds. The SMILES string of the molecule is O=S(=O)(NCc1nccs1)c1ccc(C#CCO)cc1Cl. The predicted octanol–water partition coefficient (Wildman–Crippen LogP) is 1.62. The standard InChI is InChI=1S/C13H11ClN2O3S2/c14-11-8-10(2-1-6-17)3-4-12(11)21(18,19)16-9-13-15-5-7-20-13/h3-5,7-8,16-17H,6,9H2. The number of benzene rings is 1. The average molecular weight is 343 g/mol. The Kier molecular flexibility index (Phi) is 5.33. The van der Waals surface area contributed by atoms with Crippen LogP contribution in [0.3, 0.4) is 0 Å². The Morgan fingerprint density at radius 1 is 1.43 bits per heavy atom. The molecule has 2 rings (SSSR count).